The second-order valence-electron chi connectivity index (χ2n) is 4.40. The van der Waals surface area contributed by atoms with E-state index in [0.29, 0.717) is 15.7 Å². The molecule has 0 radical (unpaired) electrons. The van der Waals surface area contributed by atoms with E-state index in [4.69, 9.17) is 9.47 Å². The van der Waals surface area contributed by atoms with Gasteiger partial charge in [-0.3, -0.25) is 0 Å². The monoisotopic (exact) mass is 431 g/mol. The van der Waals surface area contributed by atoms with E-state index < -0.39 is 28.9 Å². The molecule has 0 spiro atoms. The lowest BCUT2D eigenvalue weighted by Gasteiger charge is -2.15. The van der Waals surface area contributed by atoms with Gasteiger partial charge in [0.15, 0.2) is 28.9 Å². The summed E-state index contributed by atoms with van der Waals surface area (Å²) in [7, 11) is 1.39. The number of hydrogen-bond acceptors (Lipinski definition) is 4. The van der Waals surface area contributed by atoms with Crippen molar-refractivity contribution in [2.45, 2.75) is 0 Å². The molecule has 0 bridgehead atoms. The molecule has 0 aliphatic rings. The Morgan fingerprint density at radius 3 is 2.30 bits per heavy atom. The number of halogens is 3. The van der Waals surface area contributed by atoms with Crippen LogP contribution in [0, 0.1) is 15.2 Å². The van der Waals surface area contributed by atoms with E-state index in [-0.39, 0.29) is 11.5 Å². The fourth-order valence-electron chi connectivity index (χ4n) is 1.83. The quantitative estimate of drug-likeness (QED) is 0.682. The van der Waals surface area contributed by atoms with Gasteiger partial charge in [0.2, 0.25) is 0 Å². The fraction of sp³-hybridized carbons (Fsp3) is 0.0625. The van der Waals surface area contributed by atoms with Crippen LogP contribution in [0.25, 0.3) is 6.08 Å². The highest BCUT2D eigenvalue weighted by atomic mass is 127. The molecule has 0 amide bonds. The summed E-state index contributed by atoms with van der Waals surface area (Å²) in [6, 6.07) is 4.54. The van der Waals surface area contributed by atoms with Gasteiger partial charge in [-0.15, -0.1) is 0 Å². The van der Waals surface area contributed by atoms with Gasteiger partial charge >= 0.3 is 0 Å². The Labute approximate surface area is 144 Å². The third-order valence-electron chi connectivity index (χ3n) is 2.93. The summed E-state index contributed by atoms with van der Waals surface area (Å²) in [5.74, 6) is -4.36. The summed E-state index contributed by atoms with van der Waals surface area (Å²) >= 11 is 1.92. The zero-order chi connectivity index (χ0) is 17.1. The minimum atomic E-state index is -1.68. The van der Waals surface area contributed by atoms with Gasteiger partial charge in [-0.25, -0.2) is 8.78 Å². The molecule has 0 fully saturated rings. The minimum absolute atomic E-state index is 0.109. The highest BCUT2D eigenvalue weighted by molar-refractivity contribution is 14.1. The molecule has 0 aromatic heterocycles. The summed E-state index contributed by atoms with van der Waals surface area (Å²) in [6.07, 6.45) is 1.59. The van der Waals surface area contributed by atoms with Gasteiger partial charge in [0.25, 0.3) is 0 Å². The molecule has 23 heavy (non-hydrogen) atoms. The van der Waals surface area contributed by atoms with Crippen molar-refractivity contribution in [1.29, 1.82) is 0 Å². The highest BCUT2D eigenvalue weighted by Gasteiger charge is 2.18. The van der Waals surface area contributed by atoms with Crippen LogP contribution < -0.4 is 14.6 Å². The highest BCUT2D eigenvalue weighted by Crippen LogP contribution is 2.39. The largest absolute Gasteiger partial charge is 0.545 e. The van der Waals surface area contributed by atoms with E-state index in [1.165, 1.54) is 7.11 Å². The number of carboxylic acid groups (broad SMARTS) is 1. The van der Waals surface area contributed by atoms with Crippen molar-refractivity contribution in [3.63, 3.8) is 0 Å². The molecule has 0 saturated heterocycles. The van der Waals surface area contributed by atoms with Crippen molar-refractivity contribution < 1.29 is 28.2 Å². The fourth-order valence-corrected chi connectivity index (χ4v) is 2.57. The minimum Gasteiger partial charge on any atom is -0.545 e. The number of methoxy groups -OCH3 is 1. The van der Waals surface area contributed by atoms with E-state index in [1.54, 1.807) is 18.2 Å². The van der Waals surface area contributed by atoms with Crippen molar-refractivity contribution in [1.82, 2.24) is 0 Å². The predicted molar refractivity (Wildman–Crippen MR) is 86.6 cm³/mol. The van der Waals surface area contributed by atoms with E-state index in [0.717, 1.165) is 5.56 Å². The summed E-state index contributed by atoms with van der Waals surface area (Å²) < 4.78 is 38.9. The number of aromatic carboxylic acids is 1. The number of rotatable bonds is 5. The number of benzene rings is 2. The zero-order valence-corrected chi connectivity index (χ0v) is 14.0. The third-order valence-corrected chi connectivity index (χ3v) is 3.73. The molecule has 0 aliphatic carbocycles. The number of carboxylic acids is 1. The molecule has 0 unspecified atom stereocenters. The molecule has 0 heterocycles. The first-order chi connectivity index (χ1) is 10.9. The zero-order valence-electron chi connectivity index (χ0n) is 11.9. The van der Waals surface area contributed by atoms with Crippen molar-refractivity contribution in [3.05, 3.63) is 57.2 Å². The third kappa shape index (κ3) is 3.61. The molecule has 2 rings (SSSR count). The molecular formula is C16H10F2IO4-. The van der Waals surface area contributed by atoms with Crippen LogP contribution in [0.3, 0.4) is 0 Å². The van der Waals surface area contributed by atoms with Gasteiger partial charge in [-0.05, 0) is 52.4 Å². The van der Waals surface area contributed by atoms with E-state index in [1.807, 2.05) is 22.6 Å². The molecule has 0 N–H and O–H groups in total. The molecule has 4 nitrogen and oxygen atoms in total. The maximum atomic E-state index is 14.0. The summed E-state index contributed by atoms with van der Waals surface area (Å²) in [5.41, 5.74) is 0.128. The topological polar surface area (TPSA) is 58.6 Å². The Hall–Kier alpha value is -2.16. The van der Waals surface area contributed by atoms with Crippen molar-refractivity contribution >= 4 is 34.6 Å². The van der Waals surface area contributed by atoms with Crippen LogP contribution in [0.2, 0.25) is 0 Å². The maximum Gasteiger partial charge on any atom is 0.198 e. The summed E-state index contributed by atoms with van der Waals surface area (Å²) in [6.45, 7) is 3.63. The molecular weight excluding hydrogens is 421 g/mol. The Balaban J connectivity index is 2.51. The molecule has 0 saturated carbocycles. The van der Waals surface area contributed by atoms with Crippen LogP contribution in [-0.2, 0) is 0 Å². The Kier molecular flexibility index (Phi) is 5.19. The van der Waals surface area contributed by atoms with Crippen LogP contribution in [0.4, 0.5) is 8.78 Å². The van der Waals surface area contributed by atoms with E-state index in [9.17, 15) is 18.7 Å². The van der Waals surface area contributed by atoms with E-state index in [2.05, 4.69) is 6.58 Å². The maximum absolute atomic E-state index is 14.0. The SMILES string of the molecule is C=Cc1cc(I)c(Oc2c(F)cc(C(=O)[O-])cc2F)c(OC)c1. The van der Waals surface area contributed by atoms with Gasteiger partial charge < -0.3 is 19.4 Å². The number of carbonyl (C=O) groups excluding carboxylic acids is 1. The Morgan fingerprint density at radius 2 is 1.83 bits per heavy atom. The van der Waals surface area contributed by atoms with Gasteiger partial charge in [0, 0.05) is 5.56 Å². The van der Waals surface area contributed by atoms with Crippen molar-refractivity contribution in [2.24, 2.45) is 0 Å². The first-order valence-electron chi connectivity index (χ1n) is 6.25. The normalized spacial score (nSPS) is 10.3. The second-order valence-corrected chi connectivity index (χ2v) is 5.56. The second kappa shape index (κ2) is 6.95. The first-order valence-corrected chi connectivity index (χ1v) is 7.33. The molecule has 7 heteroatoms. The lowest BCUT2D eigenvalue weighted by atomic mass is 10.2. The lowest BCUT2D eigenvalue weighted by molar-refractivity contribution is -0.255. The first kappa shape index (κ1) is 17.2. The van der Waals surface area contributed by atoms with Gasteiger partial charge in [-0.2, -0.15) is 0 Å². The van der Waals surface area contributed by atoms with Crippen LogP contribution in [0.5, 0.6) is 17.2 Å². The molecule has 0 aliphatic heterocycles. The van der Waals surface area contributed by atoms with Gasteiger partial charge in [0.1, 0.15) is 0 Å². The summed E-state index contributed by atoms with van der Waals surface area (Å²) in [4.78, 5) is 10.7. The molecule has 0 atom stereocenters. The number of hydrogen-bond donors (Lipinski definition) is 0. The smallest absolute Gasteiger partial charge is 0.198 e. The number of carbonyl (C=O) groups is 1. The van der Waals surface area contributed by atoms with Gasteiger partial charge in [-0.1, -0.05) is 12.7 Å². The van der Waals surface area contributed by atoms with Crippen molar-refractivity contribution in [2.75, 3.05) is 7.11 Å². The standard InChI is InChI=1S/C16H11F2IO4/c1-3-8-4-12(19)15(13(5-8)22-2)23-14-10(17)6-9(16(20)21)7-11(14)18/h3-7H,1H2,2H3,(H,20,21)/p-1. The van der Waals surface area contributed by atoms with Crippen LogP contribution in [0.1, 0.15) is 15.9 Å². The van der Waals surface area contributed by atoms with Crippen LogP contribution in [0.15, 0.2) is 30.8 Å². The Morgan fingerprint density at radius 1 is 1.22 bits per heavy atom. The van der Waals surface area contributed by atoms with Gasteiger partial charge in [0.05, 0.1) is 16.6 Å². The van der Waals surface area contributed by atoms with Crippen LogP contribution in [-0.4, -0.2) is 13.1 Å². The Bertz CT molecular complexity index is 767. The molecule has 2 aromatic rings. The lowest BCUT2D eigenvalue weighted by Crippen LogP contribution is -2.22. The average Bonchev–Trinajstić information content (AvgIpc) is 2.51. The van der Waals surface area contributed by atoms with Crippen LogP contribution >= 0.6 is 22.6 Å². The number of ether oxygens (including phenoxy) is 2. The average molecular weight is 431 g/mol. The van der Waals surface area contributed by atoms with Crippen molar-refractivity contribution in [3.8, 4) is 17.2 Å². The molecule has 120 valence electrons. The molecule has 2 aromatic carbocycles. The summed E-state index contributed by atoms with van der Waals surface area (Å²) in [5, 5.41) is 10.7. The predicted octanol–water partition coefficient (Wildman–Crippen LogP) is 3.38. The van der Waals surface area contributed by atoms with E-state index >= 15 is 0 Å².